The van der Waals surface area contributed by atoms with Crippen LogP contribution in [0, 0.1) is 6.92 Å². The molecule has 5 rings (SSSR count). The van der Waals surface area contributed by atoms with Crippen molar-refractivity contribution in [2.24, 2.45) is 5.10 Å². The Morgan fingerprint density at radius 2 is 1.67 bits per heavy atom. The zero-order valence-corrected chi connectivity index (χ0v) is 22.7. The van der Waals surface area contributed by atoms with Crippen molar-refractivity contribution in [1.82, 2.24) is 10.4 Å². The van der Waals surface area contributed by atoms with E-state index in [1.165, 1.54) is 18.3 Å². The Balaban J connectivity index is 1.41. The standard InChI is InChI=1S/C30H20Cl3N3O3/c1-17-10-13-25-22(14-17)27(20-7-3-4-8-23(20)32)28(35-25)29(37)36-34-16-18-6-2-5-9-26(18)39-30(38)21-12-11-19(31)15-24(21)33/h2-16,35H,1H3,(H,36,37). The number of carbonyl (C=O) groups is 2. The molecule has 6 nitrogen and oxygen atoms in total. The van der Waals surface area contributed by atoms with Crippen LogP contribution in [0.5, 0.6) is 5.75 Å². The predicted molar refractivity (Wildman–Crippen MR) is 156 cm³/mol. The van der Waals surface area contributed by atoms with Gasteiger partial charge < -0.3 is 9.72 Å². The summed E-state index contributed by atoms with van der Waals surface area (Å²) in [5.41, 5.74) is 6.76. The smallest absolute Gasteiger partial charge is 0.345 e. The van der Waals surface area contributed by atoms with E-state index in [1.54, 1.807) is 36.4 Å². The number of aryl methyl sites for hydroxylation is 1. The summed E-state index contributed by atoms with van der Waals surface area (Å²) in [7, 11) is 0. The van der Waals surface area contributed by atoms with Crippen LogP contribution in [-0.2, 0) is 0 Å². The van der Waals surface area contributed by atoms with Crippen LogP contribution in [0.4, 0.5) is 0 Å². The first kappa shape index (κ1) is 26.5. The van der Waals surface area contributed by atoms with E-state index in [9.17, 15) is 9.59 Å². The average Bonchev–Trinajstić information content (AvgIpc) is 3.28. The van der Waals surface area contributed by atoms with Gasteiger partial charge in [-0.05, 0) is 55.5 Å². The number of aromatic amines is 1. The minimum atomic E-state index is -0.653. The summed E-state index contributed by atoms with van der Waals surface area (Å²) >= 11 is 18.6. The van der Waals surface area contributed by atoms with E-state index in [2.05, 4.69) is 15.5 Å². The summed E-state index contributed by atoms with van der Waals surface area (Å²) in [4.78, 5) is 29.2. The second-order valence-electron chi connectivity index (χ2n) is 8.65. The predicted octanol–water partition coefficient (Wildman–Crippen LogP) is 8.09. The molecule has 0 aliphatic carbocycles. The van der Waals surface area contributed by atoms with E-state index in [1.807, 2.05) is 43.3 Å². The number of nitrogens with one attached hydrogen (secondary N) is 2. The molecule has 0 fully saturated rings. The minimum Gasteiger partial charge on any atom is -0.422 e. The molecule has 0 saturated heterocycles. The summed E-state index contributed by atoms with van der Waals surface area (Å²) in [6, 6.07) is 24.5. The lowest BCUT2D eigenvalue weighted by molar-refractivity contribution is 0.0734. The fourth-order valence-electron chi connectivity index (χ4n) is 4.13. The van der Waals surface area contributed by atoms with Crippen molar-refractivity contribution in [3.63, 3.8) is 0 Å². The number of ether oxygens (including phenoxy) is 1. The van der Waals surface area contributed by atoms with E-state index >= 15 is 0 Å². The Morgan fingerprint density at radius 1 is 0.897 bits per heavy atom. The molecule has 2 N–H and O–H groups in total. The van der Waals surface area contributed by atoms with Crippen LogP contribution < -0.4 is 10.2 Å². The van der Waals surface area contributed by atoms with Gasteiger partial charge in [0.25, 0.3) is 5.91 Å². The second-order valence-corrected chi connectivity index (χ2v) is 9.91. The van der Waals surface area contributed by atoms with Crippen molar-refractivity contribution in [3.8, 4) is 16.9 Å². The Morgan fingerprint density at radius 3 is 2.46 bits per heavy atom. The summed E-state index contributed by atoms with van der Waals surface area (Å²) in [5.74, 6) is -0.874. The van der Waals surface area contributed by atoms with E-state index in [4.69, 9.17) is 39.5 Å². The minimum absolute atomic E-state index is 0.169. The van der Waals surface area contributed by atoms with Crippen molar-refractivity contribution in [2.75, 3.05) is 0 Å². The fourth-order valence-corrected chi connectivity index (χ4v) is 4.84. The van der Waals surface area contributed by atoms with Crippen molar-refractivity contribution < 1.29 is 14.3 Å². The Kier molecular flexibility index (Phi) is 7.70. The zero-order chi connectivity index (χ0) is 27.5. The van der Waals surface area contributed by atoms with Crippen molar-refractivity contribution in [3.05, 3.63) is 122 Å². The summed E-state index contributed by atoms with van der Waals surface area (Å²) in [5, 5.41) is 6.09. The molecular formula is C30H20Cl3N3O3. The lowest BCUT2D eigenvalue weighted by atomic mass is 10.0. The number of nitrogens with zero attached hydrogens (tertiary/aromatic N) is 1. The largest absolute Gasteiger partial charge is 0.422 e. The quantitative estimate of drug-likeness (QED) is 0.0927. The molecule has 0 spiro atoms. The average molecular weight is 577 g/mol. The maximum atomic E-state index is 13.3. The highest BCUT2D eigenvalue weighted by atomic mass is 35.5. The molecule has 1 heterocycles. The van der Waals surface area contributed by atoms with Crippen LogP contribution >= 0.6 is 34.8 Å². The second kappa shape index (κ2) is 11.3. The van der Waals surface area contributed by atoms with E-state index in [0.29, 0.717) is 26.9 Å². The number of hydrogen-bond donors (Lipinski definition) is 2. The first-order chi connectivity index (χ1) is 18.8. The number of amides is 1. The molecule has 5 aromatic rings. The molecule has 0 radical (unpaired) electrons. The van der Waals surface area contributed by atoms with Gasteiger partial charge in [-0.25, -0.2) is 10.2 Å². The molecule has 0 aliphatic rings. The highest BCUT2D eigenvalue weighted by molar-refractivity contribution is 6.36. The van der Waals surface area contributed by atoms with Crippen LogP contribution in [0.1, 0.15) is 32.0 Å². The van der Waals surface area contributed by atoms with Crippen LogP contribution in [-0.4, -0.2) is 23.1 Å². The van der Waals surface area contributed by atoms with Gasteiger partial charge >= 0.3 is 5.97 Å². The molecule has 39 heavy (non-hydrogen) atoms. The topological polar surface area (TPSA) is 83.6 Å². The van der Waals surface area contributed by atoms with Gasteiger partial charge in [0.15, 0.2) is 0 Å². The molecule has 0 bridgehead atoms. The molecule has 0 aliphatic heterocycles. The lowest BCUT2D eigenvalue weighted by Gasteiger charge is -2.09. The van der Waals surface area contributed by atoms with Gasteiger partial charge in [-0.1, -0.05) is 76.8 Å². The van der Waals surface area contributed by atoms with Gasteiger partial charge in [0.05, 0.1) is 16.8 Å². The normalized spacial score (nSPS) is 11.2. The number of rotatable bonds is 6. The number of aromatic nitrogens is 1. The fraction of sp³-hybridized carbons (Fsp3) is 0.0333. The summed E-state index contributed by atoms with van der Waals surface area (Å²) < 4.78 is 5.54. The molecular weight excluding hydrogens is 557 g/mol. The van der Waals surface area contributed by atoms with Gasteiger partial charge in [0.2, 0.25) is 0 Å². The number of benzene rings is 4. The van der Waals surface area contributed by atoms with Gasteiger partial charge in [0.1, 0.15) is 11.4 Å². The molecule has 0 unspecified atom stereocenters. The third-order valence-electron chi connectivity index (χ3n) is 5.97. The Labute approximate surface area is 239 Å². The third kappa shape index (κ3) is 5.68. The molecule has 1 aromatic heterocycles. The van der Waals surface area contributed by atoms with Gasteiger partial charge in [-0.3, -0.25) is 4.79 Å². The third-order valence-corrected chi connectivity index (χ3v) is 6.84. The Hall–Kier alpha value is -4.10. The maximum Gasteiger partial charge on any atom is 0.345 e. The number of halogens is 3. The molecule has 9 heteroatoms. The molecule has 4 aromatic carbocycles. The maximum absolute atomic E-state index is 13.3. The van der Waals surface area contributed by atoms with Crippen LogP contribution in [0.25, 0.3) is 22.0 Å². The summed E-state index contributed by atoms with van der Waals surface area (Å²) in [6.07, 6.45) is 1.39. The lowest BCUT2D eigenvalue weighted by Crippen LogP contribution is -2.19. The molecule has 194 valence electrons. The monoisotopic (exact) mass is 575 g/mol. The van der Waals surface area contributed by atoms with Crippen molar-refractivity contribution in [1.29, 1.82) is 0 Å². The van der Waals surface area contributed by atoms with Gasteiger partial charge in [-0.2, -0.15) is 5.10 Å². The van der Waals surface area contributed by atoms with Crippen LogP contribution in [0.15, 0.2) is 90.0 Å². The number of hydrazone groups is 1. The molecule has 0 saturated carbocycles. The van der Waals surface area contributed by atoms with Gasteiger partial charge in [-0.15, -0.1) is 0 Å². The van der Waals surface area contributed by atoms with Crippen LogP contribution in [0.2, 0.25) is 15.1 Å². The van der Waals surface area contributed by atoms with E-state index in [-0.39, 0.29) is 16.3 Å². The first-order valence-corrected chi connectivity index (χ1v) is 12.9. The zero-order valence-electron chi connectivity index (χ0n) is 20.5. The van der Waals surface area contributed by atoms with Crippen molar-refractivity contribution in [2.45, 2.75) is 6.92 Å². The van der Waals surface area contributed by atoms with E-state index in [0.717, 1.165) is 22.0 Å². The number of hydrogen-bond acceptors (Lipinski definition) is 4. The highest BCUT2D eigenvalue weighted by Crippen LogP contribution is 2.37. The number of fused-ring (bicyclic) bond motifs is 1. The number of carbonyl (C=O) groups excluding carboxylic acids is 2. The SMILES string of the molecule is Cc1ccc2[nH]c(C(=O)NN=Cc3ccccc3OC(=O)c3ccc(Cl)cc3Cl)c(-c3ccccc3Cl)c2c1. The number of para-hydroxylation sites is 1. The summed E-state index contributed by atoms with van der Waals surface area (Å²) in [6.45, 7) is 1.98. The van der Waals surface area contributed by atoms with E-state index < -0.39 is 11.9 Å². The van der Waals surface area contributed by atoms with Gasteiger partial charge in [0, 0.05) is 37.6 Å². The first-order valence-electron chi connectivity index (χ1n) is 11.8. The number of H-pyrrole nitrogens is 1. The molecule has 0 atom stereocenters. The van der Waals surface area contributed by atoms with Crippen LogP contribution in [0.3, 0.4) is 0 Å². The number of esters is 1. The Bertz CT molecular complexity index is 1760. The highest BCUT2D eigenvalue weighted by Gasteiger charge is 2.21. The van der Waals surface area contributed by atoms with Crippen molar-refractivity contribution >= 4 is 63.8 Å². The molecule has 1 amide bonds.